The Morgan fingerprint density at radius 1 is 1.00 bits per heavy atom. The van der Waals surface area contributed by atoms with Gasteiger partial charge >= 0.3 is 0 Å². The monoisotopic (exact) mass is 367 g/mol. The van der Waals surface area contributed by atoms with Crippen molar-refractivity contribution in [2.75, 3.05) is 19.7 Å². The molecule has 134 valence electrons. The largest absolute Gasteiger partial charge is 0.371 e. The van der Waals surface area contributed by atoms with Crippen LogP contribution in [0.4, 0.5) is 0 Å². The summed E-state index contributed by atoms with van der Waals surface area (Å²) in [5.41, 5.74) is 3.84. The summed E-state index contributed by atoms with van der Waals surface area (Å²) in [6.45, 7) is 4.30. The SMILES string of the molecule is Clc1ccc([C@H]2CN(Cc3ccccc3Cn3cccn3)CCO2)cc1. The van der Waals surface area contributed by atoms with Crippen LogP contribution in [-0.2, 0) is 17.8 Å². The van der Waals surface area contributed by atoms with Crippen molar-refractivity contribution in [2.45, 2.75) is 19.2 Å². The molecule has 0 radical (unpaired) electrons. The molecule has 1 aliphatic rings. The van der Waals surface area contributed by atoms with E-state index in [1.54, 1.807) is 0 Å². The Morgan fingerprint density at radius 2 is 1.77 bits per heavy atom. The highest BCUT2D eigenvalue weighted by Crippen LogP contribution is 2.25. The smallest absolute Gasteiger partial charge is 0.0952 e. The van der Waals surface area contributed by atoms with Gasteiger partial charge in [0.15, 0.2) is 0 Å². The summed E-state index contributed by atoms with van der Waals surface area (Å²) in [5, 5.41) is 5.09. The zero-order chi connectivity index (χ0) is 17.8. The molecule has 0 spiro atoms. The molecular weight excluding hydrogens is 346 g/mol. The lowest BCUT2D eigenvalue weighted by atomic mass is 10.0. The van der Waals surface area contributed by atoms with Crippen molar-refractivity contribution in [3.05, 3.63) is 88.7 Å². The van der Waals surface area contributed by atoms with Crippen LogP contribution in [0.15, 0.2) is 67.0 Å². The van der Waals surface area contributed by atoms with Crippen molar-refractivity contribution in [3.63, 3.8) is 0 Å². The average Bonchev–Trinajstić information content (AvgIpc) is 3.17. The second-order valence-corrected chi connectivity index (χ2v) is 7.05. The molecule has 0 unspecified atom stereocenters. The summed E-state index contributed by atoms with van der Waals surface area (Å²) in [6.07, 6.45) is 3.92. The van der Waals surface area contributed by atoms with Crippen LogP contribution in [-0.4, -0.2) is 34.4 Å². The second kappa shape index (κ2) is 8.04. The van der Waals surface area contributed by atoms with Crippen LogP contribution in [0.5, 0.6) is 0 Å². The summed E-state index contributed by atoms with van der Waals surface area (Å²) in [4.78, 5) is 2.46. The van der Waals surface area contributed by atoms with Crippen LogP contribution in [0, 0.1) is 0 Å². The predicted molar refractivity (Wildman–Crippen MR) is 103 cm³/mol. The van der Waals surface area contributed by atoms with E-state index in [1.807, 2.05) is 35.3 Å². The van der Waals surface area contributed by atoms with Gasteiger partial charge in [-0.25, -0.2) is 0 Å². The Hall–Kier alpha value is -2.14. The Morgan fingerprint density at radius 3 is 2.50 bits per heavy atom. The van der Waals surface area contributed by atoms with Gasteiger partial charge < -0.3 is 4.74 Å². The first-order valence-electron chi connectivity index (χ1n) is 8.91. The first-order valence-corrected chi connectivity index (χ1v) is 9.29. The molecule has 0 aliphatic carbocycles. The van der Waals surface area contributed by atoms with E-state index in [0.29, 0.717) is 0 Å². The van der Waals surface area contributed by atoms with Crippen LogP contribution in [0.3, 0.4) is 0 Å². The molecule has 0 N–H and O–H groups in total. The van der Waals surface area contributed by atoms with Crippen LogP contribution < -0.4 is 0 Å². The highest BCUT2D eigenvalue weighted by Gasteiger charge is 2.22. The quantitative estimate of drug-likeness (QED) is 0.678. The Balaban J connectivity index is 1.46. The maximum atomic E-state index is 6.00. The van der Waals surface area contributed by atoms with Gasteiger partial charge in [0.1, 0.15) is 0 Å². The van der Waals surface area contributed by atoms with E-state index in [1.165, 1.54) is 16.7 Å². The first-order chi connectivity index (χ1) is 12.8. The molecule has 0 amide bonds. The van der Waals surface area contributed by atoms with Crippen LogP contribution >= 0.6 is 11.6 Å². The standard InChI is InChI=1S/C21H22ClN3O/c22-20-8-6-17(7-9-20)21-16-24(12-13-26-21)14-18-4-1-2-5-19(18)15-25-11-3-10-23-25/h1-11,21H,12-16H2/t21-/m1/s1. The predicted octanol–water partition coefficient (Wildman–Crippen LogP) is 4.16. The summed E-state index contributed by atoms with van der Waals surface area (Å²) >= 11 is 6.00. The highest BCUT2D eigenvalue weighted by molar-refractivity contribution is 6.30. The lowest BCUT2D eigenvalue weighted by Gasteiger charge is -2.33. The molecule has 1 saturated heterocycles. The fourth-order valence-corrected chi connectivity index (χ4v) is 3.53. The number of aromatic nitrogens is 2. The van der Waals surface area contributed by atoms with Gasteiger partial charge in [0.2, 0.25) is 0 Å². The third-order valence-electron chi connectivity index (χ3n) is 4.80. The fourth-order valence-electron chi connectivity index (χ4n) is 3.40. The van der Waals surface area contributed by atoms with E-state index in [2.05, 4.69) is 46.4 Å². The average molecular weight is 368 g/mol. The maximum Gasteiger partial charge on any atom is 0.0952 e. The van der Waals surface area contributed by atoms with Crippen molar-refractivity contribution in [1.29, 1.82) is 0 Å². The molecular formula is C21H22ClN3O. The second-order valence-electron chi connectivity index (χ2n) is 6.62. The van der Waals surface area contributed by atoms with Gasteiger partial charge in [-0.3, -0.25) is 9.58 Å². The number of nitrogens with zero attached hydrogens (tertiary/aromatic N) is 3. The Bertz CT molecular complexity index is 833. The van der Waals surface area contributed by atoms with Gasteiger partial charge in [-0.2, -0.15) is 5.10 Å². The molecule has 1 aromatic heterocycles. The Kier molecular flexibility index (Phi) is 5.34. The van der Waals surface area contributed by atoms with Crippen LogP contribution in [0.1, 0.15) is 22.8 Å². The molecule has 26 heavy (non-hydrogen) atoms. The molecule has 5 heteroatoms. The number of ether oxygens (including phenoxy) is 1. The molecule has 1 fully saturated rings. The summed E-state index contributed by atoms with van der Waals surface area (Å²) in [5.74, 6) is 0. The van der Waals surface area contributed by atoms with Crippen molar-refractivity contribution in [2.24, 2.45) is 0 Å². The summed E-state index contributed by atoms with van der Waals surface area (Å²) < 4.78 is 7.96. The number of hydrogen-bond acceptors (Lipinski definition) is 3. The number of benzene rings is 2. The summed E-state index contributed by atoms with van der Waals surface area (Å²) in [6, 6.07) is 18.5. The number of morpholine rings is 1. The third kappa shape index (κ3) is 4.15. The van der Waals surface area contributed by atoms with Crippen LogP contribution in [0.25, 0.3) is 0 Å². The van der Waals surface area contributed by atoms with E-state index >= 15 is 0 Å². The number of rotatable bonds is 5. The molecule has 0 saturated carbocycles. The minimum Gasteiger partial charge on any atom is -0.371 e. The number of halogens is 1. The molecule has 2 aromatic carbocycles. The van der Waals surface area contributed by atoms with E-state index in [4.69, 9.17) is 16.3 Å². The highest BCUT2D eigenvalue weighted by atomic mass is 35.5. The Labute approximate surface area is 159 Å². The number of hydrogen-bond donors (Lipinski definition) is 0. The van der Waals surface area contributed by atoms with Crippen molar-refractivity contribution < 1.29 is 4.74 Å². The van der Waals surface area contributed by atoms with E-state index in [0.717, 1.165) is 37.8 Å². The third-order valence-corrected chi connectivity index (χ3v) is 5.05. The molecule has 1 atom stereocenters. The minimum absolute atomic E-state index is 0.0966. The van der Waals surface area contributed by atoms with Gasteiger partial charge in [0.05, 0.1) is 19.3 Å². The van der Waals surface area contributed by atoms with Crippen molar-refractivity contribution in [3.8, 4) is 0 Å². The van der Waals surface area contributed by atoms with Crippen molar-refractivity contribution >= 4 is 11.6 Å². The first kappa shape index (κ1) is 17.3. The molecule has 2 heterocycles. The molecule has 3 aromatic rings. The summed E-state index contributed by atoms with van der Waals surface area (Å²) in [7, 11) is 0. The lowest BCUT2D eigenvalue weighted by Crippen LogP contribution is -2.38. The van der Waals surface area contributed by atoms with Gasteiger partial charge in [-0.1, -0.05) is 48.0 Å². The lowest BCUT2D eigenvalue weighted by molar-refractivity contribution is -0.0330. The molecule has 4 rings (SSSR count). The van der Waals surface area contributed by atoms with Gasteiger partial charge in [-0.15, -0.1) is 0 Å². The van der Waals surface area contributed by atoms with E-state index in [-0.39, 0.29) is 6.10 Å². The van der Waals surface area contributed by atoms with Gasteiger partial charge in [-0.05, 0) is 34.9 Å². The zero-order valence-corrected chi connectivity index (χ0v) is 15.3. The van der Waals surface area contributed by atoms with Crippen LogP contribution in [0.2, 0.25) is 5.02 Å². The minimum atomic E-state index is 0.0966. The molecule has 4 nitrogen and oxygen atoms in total. The molecule has 1 aliphatic heterocycles. The van der Waals surface area contributed by atoms with E-state index in [9.17, 15) is 0 Å². The normalized spacial score (nSPS) is 18.1. The topological polar surface area (TPSA) is 30.3 Å². The van der Waals surface area contributed by atoms with Gasteiger partial charge in [0, 0.05) is 37.1 Å². The van der Waals surface area contributed by atoms with E-state index < -0.39 is 0 Å². The van der Waals surface area contributed by atoms with Gasteiger partial charge in [0.25, 0.3) is 0 Å². The fraction of sp³-hybridized carbons (Fsp3) is 0.286. The molecule has 0 bridgehead atoms. The van der Waals surface area contributed by atoms with Crippen molar-refractivity contribution in [1.82, 2.24) is 14.7 Å². The maximum absolute atomic E-state index is 6.00. The zero-order valence-electron chi connectivity index (χ0n) is 14.6.